The summed E-state index contributed by atoms with van der Waals surface area (Å²) in [6, 6.07) is 5.37. The summed E-state index contributed by atoms with van der Waals surface area (Å²) in [5.41, 5.74) is 0.897. The van der Waals surface area contributed by atoms with E-state index in [1.165, 1.54) is 18.9 Å². The third kappa shape index (κ3) is 2.16. The van der Waals surface area contributed by atoms with Crippen molar-refractivity contribution in [1.82, 2.24) is 5.32 Å². The highest BCUT2D eigenvalue weighted by Crippen LogP contribution is 2.36. The largest absolute Gasteiger partial charge is 0.307 e. The van der Waals surface area contributed by atoms with E-state index < -0.39 is 10.8 Å². The smallest absolute Gasteiger partial charge is 0.123 e. The highest BCUT2D eigenvalue weighted by atomic mass is 32.2. The van der Waals surface area contributed by atoms with E-state index in [1.54, 1.807) is 12.1 Å². The van der Waals surface area contributed by atoms with E-state index in [4.69, 9.17) is 0 Å². The summed E-state index contributed by atoms with van der Waals surface area (Å²) in [5, 5.41) is 3.67. The van der Waals surface area contributed by atoms with Crippen molar-refractivity contribution in [3.8, 4) is 0 Å². The lowest BCUT2D eigenvalue weighted by Crippen LogP contribution is -2.33. The van der Waals surface area contributed by atoms with Gasteiger partial charge in [0.15, 0.2) is 0 Å². The topological polar surface area (TPSA) is 29.1 Å². The Morgan fingerprint density at radius 1 is 1.41 bits per heavy atom. The molecule has 1 aliphatic heterocycles. The van der Waals surface area contributed by atoms with Gasteiger partial charge in [-0.25, -0.2) is 4.39 Å². The van der Waals surface area contributed by atoms with Gasteiger partial charge >= 0.3 is 0 Å². The highest BCUT2D eigenvalue weighted by molar-refractivity contribution is 7.85. The molecular formula is C13H16FNOS. The van der Waals surface area contributed by atoms with E-state index in [1.807, 2.05) is 6.92 Å². The monoisotopic (exact) mass is 253 g/mol. The van der Waals surface area contributed by atoms with Crippen molar-refractivity contribution in [2.24, 2.45) is 0 Å². The Kier molecular flexibility index (Phi) is 2.79. The van der Waals surface area contributed by atoms with Crippen LogP contribution in [0.25, 0.3) is 0 Å². The minimum Gasteiger partial charge on any atom is -0.307 e. The maximum Gasteiger partial charge on any atom is 0.123 e. The number of fused-ring (bicyclic) bond motifs is 1. The molecule has 1 aromatic rings. The van der Waals surface area contributed by atoms with Crippen LogP contribution in [0.5, 0.6) is 0 Å². The molecule has 1 fully saturated rings. The van der Waals surface area contributed by atoms with Gasteiger partial charge in [-0.3, -0.25) is 4.21 Å². The molecule has 0 radical (unpaired) electrons. The zero-order chi connectivity index (χ0) is 12.0. The Labute approximate surface area is 103 Å². The van der Waals surface area contributed by atoms with Gasteiger partial charge in [-0.15, -0.1) is 0 Å². The summed E-state index contributed by atoms with van der Waals surface area (Å²) < 4.78 is 25.5. The normalized spacial score (nSPS) is 32.2. The van der Waals surface area contributed by atoms with Gasteiger partial charge in [-0.1, -0.05) is 6.92 Å². The quantitative estimate of drug-likeness (QED) is 0.877. The lowest BCUT2D eigenvalue weighted by Gasteiger charge is -2.30. The third-order valence-electron chi connectivity index (χ3n) is 3.51. The molecule has 92 valence electrons. The summed E-state index contributed by atoms with van der Waals surface area (Å²) in [7, 11) is -0.990. The van der Waals surface area contributed by atoms with Crippen LogP contribution >= 0.6 is 0 Å². The fraction of sp³-hybridized carbons (Fsp3) is 0.538. The van der Waals surface area contributed by atoms with Gasteiger partial charge < -0.3 is 5.32 Å². The van der Waals surface area contributed by atoms with Gasteiger partial charge in [0, 0.05) is 22.2 Å². The zero-order valence-electron chi connectivity index (χ0n) is 9.78. The van der Waals surface area contributed by atoms with Crippen molar-refractivity contribution in [2.45, 2.75) is 48.4 Å². The predicted molar refractivity (Wildman–Crippen MR) is 65.8 cm³/mol. The molecule has 1 heterocycles. The average Bonchev–Trinajstić information content (AvgIpc) is 3.09. The van der Waals surface area contributed by atoms with Crippen LogP contribution in [-0.4, -0.2) is 15.5 Å². The van der Waals surface area contributed by atoms with Crippen molar-refractivity contribution in [2.75, 3.05) is 0 Å². The lowest BCUT2D eigenvalue weighted by molar-refractivity contribution is 0.471. The van der Waals surface area contributed by atoms with E-state index in [0.717, 1.165) is 16.9 Å². The molecule has 3 unspecified atom stereocenters. The van der Waals surface area contributed by atoms with Gasteiger partial charge in [0.25, 0.3) is 0 Å². The Balaban J connectivity index is 1.99. The van der Waals surface area contributed by atoms with Crippen molar-refractivity contribution in [3.05, 3.63) is 29.6 Å². The van der Waals surface area contributed by atoms with Gasteiger partial charge in [0.2, 0.25) is 0 Å². The maximum atomic E-state index is 13.3. The SMILES string of the molecule is CC1CC(NC2CC2)c2cc(F)ccc2S1=O. The van der Waals surface area contributed by atoms with Crippen molar-refractivity contribution >= 4 is 10.8 Å². The molecule has 2 nitrogen and oxygen atoms in total. The second-order valence-corrected chi connectivity index (χ2v) is 6.86. The first-order valence-corrected chi connectivity index (χ1v) is 7.32. The summed E-state index contributed by atoms with van der Waals surface area (Å²) in [6.07, 6.45) is 3.25. The van der Waals surface area contributed by atoms with Gasteiger partial charge in [-0.2, -0.15) is 0 Å². The summed E-state index contributed by atoms with van der Waals surface area (Å²) in [4.78, 5) is 0.809. The van der Waals surface area contributed by atoms with Crippen LogP contribution in [0, 0.1) is 5.82 Å². The van der Waals surface area contributed by atoms with E-state index in [2.05, 4.69) is 5.32 Å². The number of benzene rings is 1. The van der Waals surface area contributed by atoms with Gasteiger partial charge in [0.05, 0.1) is 10.8 Å². The van der Waals surface area contributed by atoms with Crippen molar-refractivity contribution in [1.29, 1.82) is 0 Å². The molecule has 1 saturated carbocycles. The highest BCUT2D eigenvalue weighted by Gasteiger charge is 2.33. The van der Waals surface area contributed by atoms with Crippen LogP contribution in [0.4, 0.5) is 4.39 Å². The minimum atomic E-state index is -0.990. The zero-order valence-corrected chi connectivity index (χ0v) is 10.6. The lowest BCUT2D eigenvalue weighted by atomic mass is 10.0. The number of nitrogens with one attached hydrogen (secondary N) is 1. The van der Waals surface area contributed by atoms with E-state index in [0.29, 0.717) is 6.04 Å². The molecule has 1 N–H and O–H groups in total. The van der Waals surface area contributed by atoms with E-state index in [-0.39, 0.29) is 17.1 Å². The maximum absolute atomic E-state index is 13.3. The molecule has 0 saturated heterocycles. The molecule has 1 aromatic carbocycles. The molecule has 0 spiro atoms. The second kappa shape index (κ2) is 4.18. The van der Waals surface area contributed by atoms with E-state index >= 15 is 0 Å². The molecule has 1 aliphatic carbocycles. The van der Waals surface area contributed by atoms with Crippen LogP contribution in [0.2, 0.25) is 0 Å². The Bertz CT molecular complexity index is 472. The predicted octanol–water partition coefficient (Wildman–Crippen LogP) is 2.52. The Morgan fingerprint density at radius 3 is 2.88 bits per heavy atom. The van der Waals surface area contributed by atoms with Crippen LogP contribution in [0.15, 0.2) is 23.1 Å². The first kappa shape index (κ1) is 11.4. The Morgan fingerprint density at radius 2 is 2.18 bits per heavy atom. The van der Waals surface area contributed by atoms with Crippen LogP contribution in [-0.2, 0) is 10.8 Å². The fourth-order valence-electron chi connectivity index (χ4n) is 2.43. The van der Waals surface area contributed by atoms with Gasteiger partial charge in [0.1, 0.15) is 5.82 Å². The molecular weight excluding hydrogens is 237 g/mol. The molecule has 0 bridgehead atoms. The molecule has 17 heavy (non-hydrogen) atoms. The summed E-state index contributed by atoms with van der Waals surface area (Å²) in [5.74, 6) is -0.238. The third-order valence-corrected chi connectivity index (χ3v) is 5.24. The summed E-state index contributed by atoms with van der Waals surface area (Å²) >= 11 is 0. The average molecular weight is 253 g/mol. The number of hydrogen-bond acceptors (Lipinski definition) is 2. The number of halogens is 1. The summed E-state index contributed by atoms with van der Waals surface area (Å²) in [6.45, 7) is 2.00. The number of rotatable bonds is 2. The molecule has 0 amide bonds. The van der Waals surface area contributed by atoms with E-state index in [9.17, 15) is 8.60 Å². The standard InChI is InChI=1S/C13H16FNOS/c1-8-6-12(15-10-3-4-10)11-7-9(14)2-5-13(11)17(8)16/h2,5,7-8,10,12,15H,3-4,6H2,1H3. The first-order valence-electron chi connectivity index (χ1n) is 6.11. The van der Waals surface area contributed by atoms with Crippen molar-refractivity contribution in [3.63, 3.8) is 0 Å². The molecule has 3 rings (SSSR count). The number of hydrogen-bond donors (Lipinski definition) is 1. The second-order valence-electron chi connectivity index (χ2n) is 5.02. The first-order chi connectivity index (χ1) is 8.15. The Hall–Kier alpha value is -0.740. The van der Waals surface area contributed by atoms with Crippen molar-refractivity contribution < 1.29 is 8.60 Å². The minimum absolute atomic E-state index is 0.143. The molecule has 0 aromatic heterocycles. The fourth-order valence-corrected chi connectivity index (χ4v) is 3.87. The van der Waals surface area contributed by atoms with Crippen LogP contribution < -0.4 is 5.32 Å². The van der Waals surface area contributed by atoms with Crippen LogP contribution in [0.1, 0.15) is 37.8 Å². The molecule has 3 atom stereocenters. The van der Waals surface area contributed by atoms with Crippen LogP contribution in [0.3, 0.4) is 0 Å². The molecule has 2 aliphatic rings. The molecule has 4 heteroatoms. The van der Waals surface area contributed by atoms with Gasteiger partial charge in [-0.05, 0) is 43.0 Å².